The standard InChI is InChI=1S/C18H20ClNO3/c1-22-18-14-10-20-7-5-17-13(9-12(23-17)4-6-19)15(20)8-11(14)2-3-16(18)21/h2-3,9,15,21H,4-8,10H2,1H3. The number of ether oxygens (including phenoxy) is 1. The Hall–Kier alpha value is -1.65. The van der Waals surface area contributed by atoms with Crippen molar-refractivity contribution >= 4 is 11.6 Å². The second-order valence-corrected chi connectivity index (χ2v) is 6.60. The predicted molar refractivity (Wildman–Crippen MR) is 88.3 cm³/mol. The van der Waals surface area contributed by atoms with Crippen LogP contribution in [0.15, 0.2) is 22.6 Å². The number of rotatable bonds is 3. The quantitative estimate of drug-likeness (QED) is 0.874. The number of furan rings is 1. The van der Waals surface area contributed by atoms with Crippen LogP contribution in [0.3, 0.4) is 0 Å². The van der Waals surface area contributed by atoms with Crippen molar-refractivity contribution in [2.24, 2.45) is 0 Å². The van der Waals surface area contributed by atoms with Gasteiger partial charge in [-0.05, 0) is 24.1 Å². The number of aryl methyl sites for hydroxylation is 1. The first kappa shape index (κ1) is 14.9. The first-order valence-corrected chi connectivity index (χ1v) is 8.54. The maximum Gasteiger partial charge on any atom is 0.165 e. The molecule has 0 radical (unpaired) electrons. The smallest absolute Gasteiger partial charge is 0.165 e. The molecule has 1 aromatic carbocycles. The molecule has 1 atom stereocenters. The highest BCUT2D eigenvalue weighted by Crippen LogP contribution is 2.44. The predicted octanol–water partition coefficient (Wildman–Crippen LogP) is 3.43. The van der Waals surface area contributed by atoms with Crippen molar-refractivity contribution in [3.63, 3.8) is 0 Å². The lowest BCUT2D eigenvalue weighted by atomic mass is 9.86. The fourth-order valence-electron chi connectivity index (χ4n) is 3.88. The molecule has 0 bridgehead atoms. The summed E-state index contributed by atoms with van der Waals surface area (Å²) in [6.07, 6.45) is 2.61. The fraction of sp³-hybridized carbons (Fsp3) is 0.444. The largest absolute Gasteiger partial charge is 0.504 e. The van der Waals surface area contributed by atoms with Gasteiger partial charge >= 0.3 is 0 Å². The summed E-state index contributed by atoms with van der Waals surface area (Å²) >= 11 is 5.84. The molecule has 122 valence electrons. The first-order valence-electron chi connectivity index (χ1n) is 8.00. The van der Waals surface area contributed by atoms with Crippen molar-refractivity contribution in [3.05, 3.63) is 46.4 Å². The zero-order valence-electron chi connectivity index (χ0n) is 13.1. The summed E-state index contributed by atoms with van der Waals surface area (Å²) in [5.74, 6) is 3.51. The van der Waals surface area contributed by atoms with Crippen molar-refractivity contribution in [1.82, 2.24) is 4.90 Å². The Kier molecular flexibility index (Phi) is 3.74. The van der Waals surface area contributed by atoms with Crippen LogP contribution in [0.4, 0.5) is 0 Å². The Morgan fingerprint density at radius 2 is 2.30 bits per heavy atom. The molecule has 4 nitrogen and oxygen atoms in total. The van der Waals surface area contributed by atoms with Gasteiger partial charge in [0.25, 0.3) is 0 Å². The molecular weight excluding hydrogens is 314 g/mol. The molecule has 0 amide bonds. The van der Waals surface area contributed by atoms with E-state index < -0.39 is 0 Å². The van der Waals surface area contributed by atoms with E-state index in [9.17, 15) is 5.11 Å². The molecule has 2 aliphatic heterocycles. The topological polar surface area (TPSA) is 45.8 Å². The van der Waals surface area contributed by atoms with Crippen LogP contribution in [0.5, 0.6) is 11.5 Å². The third-order valence-corrected chi connectivity index (χ3v) is 5.16. The minimum Gasteiger partial charge on any atom is -0.504 e. The monoisotopic (exact) mass is 333 g/mol. The summed E-state index contributed by atoms with van der Waals surface area (Å²) in [5.41, 5.74) is 3.65. The molecule has 1 N–H and O–H groups in total. The van der Waals surface area contributed by atoms with E-state index in [1.807, 2.05) is 6.07 Å². The summed E-state index contributed by atoms with van der Waals surface area (Å²) in [4.78, 5) is 2.45. The van der Waals surface area contributed by atoms with Gasteiger partial charge in [-0.25, -0.2) is 0 Å². The first-order chi connectivity index (χ1) is 11.2. The molecule has 23 heavy (non-hydrogen) atoms. The lowest BCUT2D eigenvalue weighted by Gasteiger charge is -2.40. The molecule has 5 heteroatoms. The molecule has 1 unspecified atom stereocenters. The van der Waals surface area contributed by atoms with Crippen LogP contribution in [-0.2, 0) is 25.8 Å². The molecule has 2 aliphatic rings. The van der Waals surface area contributed by atoms with Gasteiger partial charge in [-0.1, -0.05) is 6.07 Å². The Labute approximate surface area is 140 Å². The van der Waals surface area contributed by atoms with E-state index in [1.165, 1.54) is 11.1 Å². The Morgan fingerprint density at radius 1 is 1.43 bits per heavy atom. The molecule has 3 heterocycles. The van der Waals surface area contributed by atoms with E-state index in [1.54, 1.807) is 13.2 Å². The van der Waals surface area contributed by atoms with Gasteiger partial charge in [0.15, 0.2) is 11.5 Å². The Morgan fingerprint density at radius 3 is 3.09 bits per heavy atom. The number of phenols is 1. The van der Waals surface area contributed by atoms with Gasteiger partial charge in [0.1, 0.15) is 11.5 Å². The SMILES string of the molecule is COc1c(O)ccc2c1CN1CCc3oc(CCCl)cc3C1C2. The molecule has 0 saturated heterocycles. The van der Waals surface area contributed by atoms with Crippen molar-refractivity contribution in [3.8, 4) is 11.5 Å². The maximum atomic E-state index is 10.0. The number of alkyl halides is 1. The number of benzene rings is 1. The van der Waals surface area contributed by atoms with Gasteiger partial charge in [-0.2, -0.15) is 0 Å². The molecule has 0 saturated carbocycles. The number of hydrogen-bond acceptors (Lipinski definition) is 4. The van der Waals surface area contributed by atoms with E-state index in [0.29, 0.717) is 17.7 Å². The minimum absolute atomic E-state index is 0.218. The summed E-state index contributed by atoms with van der Waals surface area (Å²) in [7, 11) is 1.62. The zero-order valence-corrected chi connectivity index (χ0v) is 13.9. The molecule has 0 aliphatic carbocycles. The van der Waals surface area contributed by atoms with E-state index in [-0.39, 0.29) is 5.75 Å². The van der Waals surface area contributed by atoms with Gasteiger partial charge < -0.3 is 14.3 Å². The van der Waals surface area contributed by atoms with Crippen LogP contribution in [0.1, 0.15) is 34.3 Å². The number of methoxy groups -OCH3 is 1. The van der Waals surface area contributed by atoms with Crippen LogP contribution < -0.4 is 4.74 Å². The summed E-state index contributed by atoms with van der Waals surface area (Å²) < 4.78 is 11.4. The summed E-state index contributed by atoms with van der Waals surface area (Å²) in [6, 6.07) is 6.26. The van der Waals surface area contributed by atoms with Crippen molar-refractivity contribution < 1.29 is 14.3 Å². The number of halogens is 1. The number of fused-ring (bicyclic) bond motifs is 4. The van der Waals surface area contributed by atoms with Gasteiger partial charge in [0, 0.05) is 49.0 Å². The highest BCUT2D eigenvalue weighted by molar-refractivity contribution is 6.17. The van der Waals surface area contributed by atoms with Gasteiger partial charge in [-0.15, -0.1) is 11.6 Å². The number of nitrogens with zero attached hydrogens (tertiary/aromatic N) is 1. The number of hydrogen-bond donors (Lipinski definition) is 1. The third-order valence-electron chi connectivity index (χ3n) is 4.97. The van der Waals surface area contributed by atoms with Gasteiger partial charge in [0.05, 0.1) is 7.11 Å². The van der Waals surface area contributed by atoms with Crippen LogP contribution in [0.25, 0.3) is 0 Å². The maximum absolute atomic E-state index is 10.0. The van der Waals surface area contributed by atoms with Crippen LogP contribution in [0.2, 0.25) is 0 Å². The van der Waals surface area contributed by atoms with Gasteiger partial charge in [-0.3, -0.25) is 4.90 Å². The fourth-order valence-corrected chi connectivity index (χ4v) is 4.07. The molecule has 0 spiro atoms. The second-order valence-electron chi connectivity index (χ2n) is 6.23. The van der Waals surface area contributed by atoms with Crippen molar-refractivity contribution in [1.29, 1.82) is 0 Å². The average Bonchev–Trinajstić information content (AvgIpc) is 2.96. The second kappa shape index (κ2) is 5.77. The van der Waals surface area contributed by atoms with Crippen LogP contribution in [0, 0.1) is 0 Å². The van der Waals surface area contributed by atoms with Crippen LogP contribution in [-0.4, -0.2) is 29.5 Å². The normalized spacial score (nSPS) is 19.8. The minimum atomic E-state index is 0.218. The summed E-state index contributed by atoms with van der Waals surface area (Å²) in [5, 5.41) is 10.0. The molecule has 2 aromatic rings. The zero-order chi connectivity index (χ0) is 16.0. The highest BCUT2D eigenvalue weighted by Gasteiger charge is 2.35. The van der Waals surface area contributed by atoms with E-state index in [0.717, 1.165) is 49.4 Å². The summed E-state index contributed by atoms with van der Waals surface area (Å²) in [6.45, 7) is 1.76. The van der Waals surface area contributed by atoms with E-state index in [4.69, 9.17) is 20.8 Å². The van der Waals surface area contributed by atoms with Crippen molar-refractivity contribution in [2.75, 3.05) is 19.5 Å². The molecule has 1 aromatic heterocycles. The van der Waals surface area contributed by atoms with Crippen LogP contribution >= 0.6 is 11.6 Å². The lowest BCUT2D eigenvalue weighted by molar-refractivity contribution is 0.150. The van der Waals surface area contributed by atoms with Crippen molar-refractivity contribution in [2.45, 2.75) is 31.8 Å². The average molecular weight is 334 g/mol. The molecule has 0 fully saturated rings. The lowest BCUT2D eigenvalue weighted by Crippen LogP contribution is -2.39. The van der Waals surface area contributed by atoms with E-state index in [2.05, 4.69) is 11.0 Å². The number of aromatic hydroxyl groups is 1. The van der Waals surface area contributed by atoms with E-state index >= 15 is 0 Å². The molecular formula is C18H20ClNO3. The Balaban J connectivity index is 1.72. The molecule has 4 rings (SSSR count). The highest BCUT2D eigenvalue weighted by atomic mass is 35.5. The third kappa shape index (κ3) is 2.41. The Bertz CT molecular complexity index is 740. The van der Waals surface area contributed by atoms with Gasteiger partial charge in [0.2, 0.25) is 0 Å². The number of phenolic OH excluding ortho intramolecular Hbond substituents is 1.